The van der Waals surface area contributed by atoms with Gasteiger partial charge in [-0.1, -0.05) is 0 Å². The second-order valence-corrected chi connectivity index (χ2v) is 4.37. The highest BCUT2D eigenvalue weighted by Crippen LogP contribution is 2.36. The molecule has 0 radical (unpaired) electrons. The molecule has 1 fully saturated rings. The summed E-state index contributed by atoms with van der Waals surface area (Å²) in [5, 5.41) is 0. The molecule has 0 saturated carbocycles. The van der Waals surface area contributed by atoms with Crippen LogP contribution in [0.25, 0.3) is 0 Å². The van der Waals surface area contributed by atoms with Crippen molar-refractivity contribution in [2.45, 2.75) is 19.1 Å². The Labute approximate surface area is 108 Å². The molecule has 2 rings (SSSR count). The average molecular weight is 274 g/mol. The summed E-state index contributed by atoms with van der Waals surface area (Å²) in [5.41, 5.74) is -0.970. The Morgan fingerprint density at radius 1 is 1.53 bits per heavy atom. The zero-order valence-corrected chi connectivity index (χ0v) is 10.3. The molecule has 104 valence electrons. The molecule has 0 spiro atoms. The molecule has 4 nitrogen and oxygen atoms in total. The van der Waals surface area contributed by atoms with E-state index in [4.69, 9.17) is 4.74 Å². The summed E-state index contributed by atoms with van der Waals surface area (Å²) in [6, 6.07) is 0.641. The molecule has 0 unspecified atom stereocenters. The highest BCUT2D eigenvalue weighted by atomic mass is 19.4. The Kier molecular flexibility index (Phi) is 3.75. The molecular weight excluding hydrogens is 261 g/mol. The molecule has 0 N–H and O–H groups in total. The summed E-state index contributed by atoms with van der Waals surface area (Å²) in [7, 11) is 0. The highest BCUT2D eigenvalue weighted by molar-refractivity contribution is 5.75. The second-order valence-electron chi connectivity index (χ2n) is 4.37. The van der Waals surface area contributed by atoms with Crippen molar-refractivity contribution in [3.8, 4) is 0 Å². The minimum Gasteiger partial charge on any atom is -0.377 e. The fourth-order valence-corrected chi connectivity index (χ4v) is 2.02. The predicted molar refractivity (Wildman–Crippen MR) is 62.3 cm³/mol. The van der Waals surface area contributed by atoms with Crippen molar-refractivity contribution in [1.82, 2.24) is 4.98 Å². The number of hydrogen-bond acceptors (Lipinski definition) is 4. The van der Waals surface area contributed by atoms with Crippen LogP contribution in [0.1, 0.15) is 22.8 Å². The van der Waals surface area contributed by atoms with Gasteiger partial charge in [-0.3, -0.25) is 4.79 Å². The van der Waals surface area contributed by atoms with Gasteiger partial charge in [-0.2, -0.15) is 13.2 Å². The molecule has 1 aromatic heterocycles. The molecule has 1 aliphatic rings. The van der Waals surface area contributed by atoms with Crippen LogP contribution >= 0.6 is 0 Å². The van der Waals surface area contributed by atoms with E-state index in [9.17, 15) is 18.0 Å². The first-order chi connectivity index (χ1) is 8.93. The molecule has 0 bridgehead atoms. The van der Waals surface area contributed by atoms with Gasteiger partial charge in [-0.25, -0.2) is 4.98 Å². The maximum atomic E-state index is 13.0. The van der Waals surface area contributed by atoms with Gasteiger partial charge >= 0.3 is 6.18 Å². The van der Waals surface area contributed by atoms with Crippen LogP contribution in [0.3, 0.4) is 0 Å². The molecule has 1 aromatic rings. The van der Waals surface area contributed by atoms with Crippen LogP contribution in [0.2, 0.25) is 0 Å². The van der Waals surface area contributed by atoms with Crippen LogP contribution in [-0.4, -0.2) is 37.1 Å². The minimum atomic E-state index is -4.54. The van der Waals surface area contributed by atoms with E-state index in [0.717, 1.165) is 12.3 Å². The number of aldehydes is 1. The molecule has 7 heteroatoms. The predicted octanol–water partition coefficient (Wildman–Crippen LogP) is 2.14. The lowest BCUT2D eigenvalue weighted by atomic mass is 10.1. The summed E-state index contributed by atoms with van der Waals surface area (Å²) in [6.07, 6.45) is -3.03. The fraction of sp³-hybridized carbons (Fsp3) is 0.500. The van der Waals surface area contributed by atoms with E-state index in [-0.39, 0.29) is 17.4 Å². The number of hydrogen-bond donors (Lipinski definition) is 0. The monoisotopic (exact) mass is 274 g/mol. The van der Waals surface area contributed by atoms with Crippen molar-refractivity contribution in [1.29, 1.82) is 0 Å². The first kappa shape index (κ1) is 13.8. The maximum Gasteiger partial charge on any atom is 0.419 e. The molecule has 0 aliphatic carbocycles. The molecule has 19 heavy (non-hydrogen) atoms. The van der Waals surface area contributed by atoms with Crippen molar-refractivity contribution >= 4 is 12.1 Å². The van der Waals surface area contributed by atoms with E-state index < -0.39 is 11.7 Å². The van der Waals surface area contributed by atoms with Gasteiger partial charge in [0.1, 0.15) is 5.82 Å². The number of nitrogens with zero attached hydrogens (tertiary/aromatic N) is 2. The molecule has 2 heterocycles. The van der Waals surface area contributed by atoms with Gasteiger partial charge in [0.15, 0.2) is 6.29 Å². The molecule has 0 aromatic carbocycles. The Balaban J connectivity index is 2.46. The van der Waals surface area contributed by atoms with Crippen molar-refractivity contribution in [2.24, 2.45) is 0 Å². The normalized spacial score (nSPS) is 20.4. The molecule has 0 amide bonds. The lowest BCUT2D eigenvalue weighted by Crippen LogP contribution is -2.45. The summed E-state index contributed by atoms with van der Waals surface area (Å²) < 4.78 is 44.3. The quantitative estimate of drug-likeness (QED) is 0.775. The van der Waals surface area contributed by atoms with E-state index in [1.165, 1.54) is 0 Å². The number of aromatic nitrogens is 1. The number of carbonyl (C=O) groups is 1. The van der Waals surface area contributed by atoms with Crippen LogP contribution in [-0.2, 0) is 10.9 Å². The minimum absolute atomic E-state index is 0.0861. The van der Waals surface area contributed by atoms with Crippen LogP contribution in [0.15, 0.2) is 12.3 Å². The number of anilines is 1. The topological polar surface area (TPSA) is 42.4 Å². The number of pyridine rings is 1. The lowest BCUT2D eigenvalue weighted by Gasteiger charge is -2.35. The van der Waals surface area contributed by atoms with Crippen molar-refractivity contribution in [3.05, 3.63) is 23.4 Å². The van der Waals surface area contributed by atoms with Gasteiger partial charge < -0.3 is 9.64 Å². The molecule has 1 aliphatic heterocycles. The number of ether oxygens (including phenoxy) is 1. The number of rotatable bonds is 2. The van der Waals surface area contributed by atoms with Crippen LogP contribution in [0.4, 0.5) is 19.0 Å². The van der Waals surface area contributed by atoms with Gasteiger partial charge in [0.05, 0.1) is 24.8 Å². The standard InChI is InChI=1S/C12H13F3N2O2/c1-8-7-19-3-2-17(8)11-10(12(13,14)15)4-9(6-18)5-16-11/h4-6,8H,2-3,7H2,1H3/t8-/m0/s1. The third kappa shape index (κ3) is 2.86. The van der Waals surface area contributed by atoms with Crippen molar-refractivity contribution in [2.75, 3.05) is 24.7 Å². The number of morpholine rings is 1. The Bertz CT molecular complexity index is 477. The summed E-state index contributed by atoms with van der Waals surface area (Å²) in [5.74, 6) is -0.145. The van der Waals surface area contributed by atoms with E-state index >= 15 is 0 Å². The van der Waals surface area contributed by atoms with Gasteiger partial charge in [0.25, 0.3) is 0 Å². The van der Waals surface area contributed by atoms with Gasteiger partial charge in [-0.15, -0.1) is 0 Å². The summed E-state index contributed by atoms with van der Waals surface area (Å²) in [4.78, 5) is 16.0. The third-order valence-corrected chi connectivity index (χ3v) is 2.97. The molecular formula is C12H13F3N2O2. The first-order valence-corrected chi connectivity index (χ1v) is 5.80. The van der Waals surface area contributed by atoms with Gasteiger partial charge in [0.2, 0.25) is 0 Å². The second kappa shape index (κ2) is 5.16. The Morgan fingerprint density at radius 2 is 2.26 bits per heavy atom. The summed E-state index contributed by atoms with van der Waals surface area (Å²) in [6.45, 7) is 2.83. The largest absolute Gasteiger partial charge is 0.419 e. The fourth-order valence-electron chi connectivity index (χ4n) is 2.02. The number of alkyl halides is 3. The third-order valence-electron chi connectivity index (χ3n) is 2.97. The van der Waals surface area contributed by atoms with Crippen molar-refractivity contribution in [3.63, 3.8) is 0 Å². The van der Waals surface area contributed by atoms with E-state index in [0.29, 0.717) is 26.0 Å². The van der Waals surface area contributed by atoms with Crippen LogP contribution < -0.4 is 4.90 Å². The van der Waals surface area contributed by atoms with E-state index in [1.54, 1.807) is 11.8 Å². The van der Waals surface area contributed by atoms with Crippen LogP contribution in [0, 0.1) is 0 Å². The highest BCUT2D eigenvalue weighted by Gasteiger charge is 2.37. The van der Waals surface area contributed by atoms with Crippen LogP contribution in [0.5, 0.6) is 0 Å². The Morgan fingerprint density at radius 3 is 2.84 bits per heavy atom. The lowest BCUT2D eigenvalue weighted by molar-refractivity contribution is -0.137. The van der Waals surface area contributed by atoms with E-state index in [2.05, 4.69) is 4.98 Å². The zero-order chi connectivity index (χ0) is 14.0. The smallest absolute Gasteiger partial charge is 0.377 e. The SMILES string of the molecule is C[C@H]1COCCN1c1ncc(C=O)cc1C(F)(F)F. The Hall–Kier alpha value is -1.63. The number of halogens is 3. The molecule has 1 atom stereocenters. The maximum absolute atomic E-state index is 13.0. The van der Waals surface area contributed by atoms with E-state index in [1.807, 2.05) is 0 Å². The zero-order valence-electron chi connectivity index (χ0n) is 10.3. The van der Waals surface area contributed by atoms with Gasteiger partial charge in [0, 0.05) is 18.3 Å². The molecule has 1 saturated heterocycles. The summed E-state index contributed by atoms with van der Waals surface area (Å²) >= 11 is 0. The number of carbonyl (C=O) groups excluding carboxylic acids is 1. The first-order valence-electron chi connectivity index (χ1n) is 5.80. The van der Waals surface area contributed by atoms with Gasteiger partial charge in [-0.05, 0) is 13.0 Å². The van der Waals surface area contributed by atoms with Crippen molar-refractivity contribution < 1.29 is 22.7 Å². The average Bonchev–Trinajstić information content (AvgIpc) is 2.38.